The number of aliphatic hydroxyl groups excluding tert-OH is 2. The van der Waals surface area contributed by atoms with Crippen LogP contribution in [0.1, 0.15) is 65.2 Å². The lowest BCUT2D eigenvalue weighted by molar-refractivity contribution is -0.0682. The van der Waals surface area contributed by atoms with Crippen LogP contribution in [0.25, 0.3) is 0 Å². The molecule has 3 aliphatic heterocycles. The molecule has 36 heavy (non-hydrogen) atoms. The maximum Gasteiger partial charge on any atom is 0.338 e. The van der Waals surface area contributed by atoms with Crippen LogP contribution >= 0.6 is 0 Å². The van der Waals surface area contributed by atoms with Gasteiger partial charge in [-0.05, 0) is 73.2 Å². The number of ether oxygens (including phenoxy) is 2. The van der Waals surface area contributed by atoms with Gasteiger partial charge in [0.1, 0.15) is 25.7 Å². The van der Waals surface area contributed by atoms with Gasteiger partial charge in [-0.15, -0.1) is 0 Å². The number of hydrogen-bond acceptors (Lipinski definition) is 8. The summed E-state index contributed by atoms with van der Waals surface area (Å²) in [5, 5.41) is 22.1. The number of hydrogen-bond donors (Lipinski definition) is 2. The summed E-state index contributed by atoms with van der Waals surface area (Å²) >= 11 is 0. The Labute approximate surface area is 211 Å². The Morgan fingerprint density at radius 1 is 0.722 bits per heavy atom. The molecule has 8 nitrogen and oxygen atoms in total. The molecule has 0 bridgehead atoms. The second kappa shape index (κ2) is 9.59. The van der Waals surface area contributed by atoms with Crippen molar-refractivity contribution in [2.45, 2.75) is 66.2 Å². The maximum absolute atomic E-state index is 11.9. The second-order valence-corrected chi connectivity index (χ2v) is 10.2. The molecule has 0 aromatic heterocycles. The summed E-state index contributed by atoms with van der Waals surface area (Å²) in [4.78, 5) is 28.0. The molecule has 3 heterocycles. The largest absolute Gasteiger partial charge is 0.457 e. The van der Waals surface area contributed by atoms with Crippen molar-refractivity contribution in [3.63, 3.8) is 0 Å². The van der Waals surface area contributed by atoms with Crippen LogP contribution in [0.5, 0.6) is 0 Å². The van der Waals surface area contributed by atoms with E-state index < -0.39 is 12.5 Å². The molecule has 1 saturated heterocycles. The summed E-state index contributed by atoms with van der Waals surface area (Å²) in [6.45, 7) is 11.1. The zero-order valence-corrected chi connectivity index (χ0v) is 21.4. The van der Waals surface area contributed by atoms with Crippen LogP contribution in [-0.4, -0.2) is 70.6 Å². The highest BCUT2D eigenvalue weighted by atomic mass is 16.5. The molecule has 0 radical (unpaired) electrons. The fourth-order valence-electron chi connectivity index (χ4n) is 5.89. The van der Waals surface area contributed by atoms with Crippen LogP contribution in [0.3, 0.4) is 0 Å². The second-order valence-electron chi connectivity index (χ2n) is 10.2. The fraction of sp³-hybridized carbons (Fsp3) is 0.500. The molecule has 0 spiro atoms. The van der Waals surface area contributed by atoms with Gasteiger partial charge in [0, 0.05) is 50.1 Å². The van der Waals surface area contributed by atoms with Crippen LogP contribution in [-0.2, 0) is 35.5 Å². The molecular weight excluding hydrogens is 460 g/mol. The van der Waals surface area contributed by atoms with Crippen LogP contribution in [0.4, 0.5) is 0 Å². The molecular formula is C28H34N2O6. The monoisotopic (exact) mass is 494 g/mol. The van der Waals surface area contributed by atoms with E-state index in [1.807, 2.05) is 49.6 Å². The van der Waals surface area contributed by atoms with Crippen molar-refractivity contribution in [1.29, 1.82) is 0 Å². The van der Waals surface area contributed by atoms with E-state index >= 15 is 0 Å². The third-order valence-corrected chi connectivity index (χ3v) is 8.23. The summed E-state index contributed by atoms with van der Waals surface area (Å²) in [6.07, 6.45) is -0.320. The zero-order chi connectivity index (χ0) is 25.7. The van der Waals surface area contributed by atoms with Gasteiger partial charge in [-0.25, -0.2) is 9.59 Å². The standard InChI is InChI=1S/C28H34N2O6/c1-15-9-21-23(13-35-27(21)33)17(3)19(15)11-25(31)29-5-7-30(8-6-29)26(32)12-20-16(2)10-22-24(18(20)4)14-36-28(22)34/h9-10,25-26,31-32H,5-8,11-14H2,1-4H3. The Morgan fingerprint density at radius 2 is 1.08 bits per heavy atom. The predicted octanol–water partition coefficient (Wildman–Crippen LogP) is 2.30. The Morgan fingerprint density at radius 3 is 1.44 bits per heavy atom. The van der Waals surface area contributed by atoms with Crippen molar-refractivity contribution < 1.29 is 29.3 Å². The third kappa shape index (κ3) is 4.32. The van der Waals surface area contributed by atoms with E-state index in [1.54, 1.807) is 0 Å². The van der Waals surface area contributed by atoms with Gasteiger partial charge in [0.2, 0.25) is 0 Å². The van der Waals surface area contributed by atoms with Gasteiger partial charge in [0.05, 0.1) is 11.1 Å². The molecule has 0 saturated carbocycles. The first-order chi connectivity index (χ1) is 17.2. The Bertz CT molecular complexity index is 1140. The van der Waals surface area contributed by atoms with Gasteiger partial charge in [0.25, 0.3) is 0 Å². The number of carbonyl (C=O) groups excluding carboxylic acids is 2. The normalized spacial score (nSPS) is 19.6. The van der Waals surface area contributed by atoms with Crippen LogP contribution in [0, 0.1) is 27.7 Å². The highest BCUT2D eigenvalue weighted by molar-refractivity contribution is 5.95. The number of benzene rings is 2. The van der Waals surface area contributed by atoms with Crippen LogP contribution in [0.15, 0.2) is 12.1 Å². The molecule has 2 N–H and O–H groups in total. The summed E-state index contributed by atoms with van der Waals surface area (Å²) in [7, 11) is 0. The summed E-state index contributed by atoms with van der Waals surface area (Å²) < 4.78 is 10.4. The van der Waals surface area contributed by atoms with E-state index in [-0.39, 0.29) is 11.9 Å². The molecule has 1 fully saturated rings. The highest BCUT2D eigenvalue weighted by Gasteiger charge is 2.31. The summed E-state index contributed by atoms with van der Waals surface area (Å²) in [6, 6.07) is 3.75. The molecule has 2 aromatic rings. The minimum absolute atomic E-state index is 0.273. The lowest BCUT2D eigenvalue weighted by atomic mass is 9.91. The number of aliphatic hydroxyl groups is 2. The number of carbonyl (C=O) groups is 2. The smallest absolute Gasteiger partial charge is 0.338 e. The van der Waals surface area contributed by atoms with Crippen molar-refractivity contribution in [2.24, 2.45) is 0 Å². The number of fused-ring (bicyclic) bond motifs is 2. The summed E-state index contributed by atoms with van der Waals surface area (Å²) in [5.41, 5.74) is 9.28. The Hall–Kier alpha value is -2.78. The zero-order valence-electron chi connectivity index (χ0n) is 21.4. The molecule has 2 unspecified atom stereocenters. The minimum Gasteiger partial charge on any atom is -0.457 e. The first-order valence-corrected chi connectivity index (χ1v) is 12.6. The highest BCUT2D eigenvalue weighted by Crippen LogP contribution is 2.31. The average Bonchev–Trinajstić information content (AvgIpc) is 3.41. The van der Waals surface area contributed by atoms with Crippen LogP contribution in [0.2, 0.25) is 0 Å². The molecule has 5 rings (SSSR count). The van der Waals surface area contributed by atoms with E-state index in [4.69, 9.17) is 9.47 Å². The summed E-state index contributed by atoms with van der Waals surface area (Å²) in [5.74, 6) is -0.546. The average molecular weight is 495 g/mol. The van der Waals surface area contributed by atoms with Crippen molar-refractivity contribution in [3.8, 4) is 0 Å². The van der Waals surface area contributed by atoms with Gasteiger partial charge < -0.3 is 19.7 Å². The van der Waals surface area contributed by atoms with E-state index in [0.717, 1.165) is 44.5 Å². The van der Waals surface area contributed by atoms with Crippen molar-refractivity contribution in [2.75, 3.05) is 26.2 Å². The molecule has 8 heteroatoms. The van der Waals surface area contributed by atoms with Crippen molar-refractivity contribution >= 4 is 11.9 Å². The third-order valence-electron chi connectivity index (χ3n) is 8.23. The SMILES string of the molecule is Cc1cc2c(c(C)c1CC(O)N1CCN(C(O)Cc3c(C)cc4c(c3C)COC4=O)CC1)COC2=O. The predicted molar refractivity (Wildman–Crippen MR) is 133 cm³/mol. The van der Waals surface area contributed by atoms with E-state index in [9.17, 15) is 19.8 Å². The lowest BCUT2D eigenvalue weighted by Gasteiger charge is -2.39. The molecule has 2 aromatic carbocycles. The number of aryl methyl sites for hydroxylation is 2. The topological polar surface area (TPSA) is 99.5 Å². The van der Waals surface area contributed by atoms with Gasteiger partial charge in [0.15, 0.2) is 0 Å². The molecule has 0 amide bonds. The van der Waals surface area contributed by atoms with Gasteiger partial charge in [-0.1, -0.05) is 0 Å². The number of piperazine rings is 1. The first-order valence-electron chi connectivity index (χ1n) is 12.6. The van der Waals surface area contributed by atoms with Gasteiger partial charge >= 0.3 is 11.9 Å². The van der Waals surface area contributed by atoms with E-state index in [1.165, 1.54) is 0 Å². The number of rotatable bonds is 6. The van der Waals surface area contributed by atoms with E-state index in [2.05, 4.69) is 0 Å². The van der Waals surface area contributed by atoms with Crippen molar-refractivity contribution in [3.05, 3.63) is 67.8 Å². The fourth-order valence-corrected chi connectivity index (χ4v) is 5.89. The molecule has 192 valence electrons. The number of nitrogens with zero attached hydrogens (tertiary/aromatic N) is 2. The van der Waals surface area contributed by atoms with Crippen LogP contribution < -0.4 is 0 Å². The number of cyclic esters (lactones) is 2. The van der Waals surface area contributed by atoms with Gasteiger partial charge in [-0.2, -0.15) is 0 Å². The molecule has 3 aliphatic rings. The number of esters is 2. The lowest BCUT2D eigenvalue weighted by Crippen LogP contribution is -2.54. The Kier molecular flexibility index (Phi) is 6.63. The molecule has 2 atom stereocenters. The van der Waals surface area contributed by atoms with Gasteiger partial charge in [-0.3, -0.25) is 9.80 Å². The minimum atomic E-state index is -0.642. The van der Waals surface area contributed by atoms with E-state index in [0.29, 0.717) is 63.4 Å². The van der Waals surface area contributed by atoms with Crippen molar-refractivity contribution in [1.82, 2.24) is 9.80 Å². The Balaban J connectivity index is 1.21. The first kappa shape index (κ1) is 24.9. The quantitative estimate of drug-likeness (QED) is 0.591. The molecule has 0 aliphatic carbocycles. The maximum atomic E-state index is 11.9.